The maximum absolute atomic E-state index is 12.3. The van der Waals surface area contributed by atoms with E-state index in [1.54, 1.807) is 48.5 Å². The molecule has 0 bridgehead atoms. The van der Waals surface area contributed by atoms with E-state index in [9.17, 15) is 9.90 Å². The van der Waals surface area contributed by atoms with Crippen molar-refractivity contribution < 1.29 is 9.90 Å². The summed E-state index contributed by atoms with van der Waals surface area (Å²) in [5.74, 6) is -0.467. The van der Waals surface area contributed by atoms with Crippen LogP contribution in [0.1, 0.15) is 15.9 Å². The number of nitriles is 1. The van der Waals surface area contributed by atoms with Gasteiger partial charge in [0.15, 0.2) is 0 Å². The highest BCUT2D eigenvalue weighted by atomic mass is 16.3. The number of aromatic hydroxyl groups is 1. The molecule has 0 heterocycles. The van der Waals surface area contributed by atoms with Crippen LogP contribution in [0.4, 0.5) is 5.69 Å². The molecule has 3 rings (SSSR count). The number of anilines is 1. The van der Waals surface area contributed by atoms with E-state index in [0.29, 0.717) is 16.6 Å². The Kier molecular flexibility index (Phi) is 3.47. The predicted molar refractivity (Wildman–Crippen MR) is 84.7 cm³/mol. The summed E-state index contributed by atoms with van der Waals surface area (Å²) >= 11 is 0. The molecule has 0 spiro atoms. The zero-order valence-corrected chi connectivity index (χ0v) is 11.6. The first kappa shape index (κ1) is 13.7. The zero-order chi connectivity index (χ0) is 15.5. The number of phenolic OH excluding ortho intramolecular Hbond substituents is 1. The summed E-state index contributed by atoms with van der Waals surface area (Å²) in [6.07, 6.45) is 0. The molecule has 0 radical (unpaired) electrons. The molecule has 4 nitrogen and oxygen atoms in total. The summed E-state index contributed by atoms with van der Waals surface area (Å²) in [7, 11) is 0. The number of hydrogen-bond donors (Lipinski definition) is 2. The average molecular weight is 288 g/mol. The van der Waals surface area contributed by atoms with Gasteiger partial charge in [0, 0.05) is 11.1 Å². The third kappa shape index (κ3) is 2.48. The van der Waals surface area contributed by atoms with Gasteiger partial charge in [-0.05, 0) is 29.7 Å². The third-order valence-electron chi connectivity index (χ3n) is 3.39. The number of amides is 1. The molecule has 4 heteroatoms. The first-order valence-corrected chi connectivity index (χ1v) is 6.71. The molecule has 0 aliphatic carbocycles. The van der Waals surface area contributed by atoms with E-state index in [0.717, 1.165) is 5.39 Å². The number of hydrogen-bond acceptors (Lipinski definition) is 3. The van der Waals surface area contributed by atoms with Gasteiger partial charge in [0.1, 0.15) is 5.75 Å². The fourth-order valence-corrected chi connectivity index (χ4v) is 2.30. The molecule has 1 amide bonds. The van der Waals surface area contributed by atoms with Crippen molar-refractivity contribution in [2.45, 2.75) is 0 Å². The molecule has 0 saturated carbocycles. The number of carbonyl (C=O) groups is 1. The van der Waals surface area contributed by atoms with E-state index in [4.69, 9.17) is 5.26 Å². The molecular formula is C18H12N2O2. The minimum Gasteiger partial charge on any atom is -0.506 e. The van der Waals surface area contributed by atoms with Crippen LogP contribution in [0.15, 0.2) is 60.7 Å². The van der Waals surface area contributed by atoms with Crippen LogP contribution in [0, 0.1) is 11.3 Å². The van der Waals surface area contributed by atoms with E-state index in [1.807, 2.05) is 18.2 Å². The average Bonchev–Trinajstić information content (AvgIpc) is 2.55. The maximum atomic E-state index is 12.3. The van der Waals surface area contributed by atoms with Gasteiger partial charge in [-0.3, -0.25) is 4.79 Å². The van der Waals surface area contributed by atoms with Gasteiger partial charge in [0.25, 0.3) is 5.91 Å². The van der Waals surface area contributed by atoms with Crippen LogP contribution in [0.5, 0.6) is 5.75 Å². The lowest BCUT2D eigenvalue weighted by Gasteiger charge is -2.09. The van der Waals surface area contributed by atoms with Gasteiger partial charge in [-0.2, -0.15) is 5.26 Å². The predicted octanol–water partition coefficient (Wildman–Crippen LogP) is 3.67. The van der Waals surface area contributed by atoms with Gasteiger partial charge in [-0.15, -0.1) is 0 Å². The molecule has 22 heavy (non-hydrogen) atoms. The van der Waals surface area contributed by atoms with Crippen LogP contribution in [0.3, 0.4) is 0 Å². The molecule has 2 N–H and O–H groups in total. The molecule has 0 aliphatic rings. The van der Waals surface area contributed by atoms with Gasteiger partial charge < -0.3 is 10.4 Å². The van der Waals surface area contributed by atoms with E-state index in [2.05, 4.69) is 5.32 Å². The third-order valence-corrected chi connectivity index (χ3v) is 3.39. The molecule has 0 saturated heterocycles. The van der Waals surface area contributed by atoms with Crippen LogP contribution in [-0.4, -0.2) is 11.0 Å². The monoisotopic (exact) mass is 288 g/mol. The van der Waals surface area contributed by atoms with Crippen molar-refractivity contribution in [3.05, 3.63) is 71.8 Å². The summed E-state index contributed by atoms with van der Waals surface area (Å²) < 4.78 is 0. The standard InChI is InChI=1S/C18H12N2O2/c19-11-12-4-3-6-14(10-12)20-18(22)16-9-8-13-5-1-2-7-15(13)17(16)21/h1-10,21H,(H,20,22). The SMILES string of the molecule is N#Cc1cccc(NC(=O)c2ccc3ccccc3c2O)c1. The van der Waals surface area contributed by atoms with Crippen molar-refractivity contribution in [3.63, 3.8) is 0 Å². The fourth-order valence-electron chi connectivity index (χ4n) is 2.30. The van der Waals surface area contributed by atoms with Crippen LogP contribution in [0.2, 0.25) is 0 Å². The lowest BCUT2D eigenvalue weighted by atomic mass is 10.0. The minimum absolute atomic E-state index is 0.0490. The Hall–Kier alpha value is -3.32. The van der Waals surface area contributed by atoms with Gasteiger partial charge >= 0.3 is 0 Å². The minimum atomic E-state index is -0.418. The number of phenols is 1. The second-order valence-electron chi connectivity index (χ2n) is 4.83. The van der Waals surface area contributed by atoms with Crippen molar-refractivity contribution in [3.8, 4) is 11.8 Å². The summed E-state index contributed by atoms with van der Waals surface area (Å²) in [5, 5.41) is 23.3. The van der Waals surface area contributed by atoms with Gasteiger partial charge in [-0.1, -0.05) is 36.4 Å². The van der Waals surface area contributed by atoms with Crippen molar-refractivity contribution >= 4 is 22.4 Å². The van der Waals surface area contributed by atoms with E-state index >= 15 is 0 Å². The molecule has 0 unspecified atom stereocenters. The highest BCUT2D eigenvalue weighted by Gasteiger charge is 2.14. The molecular weight excluding hydrogens is 276 g/mol. The lowest BCUT2D eigenvalue weighted by molar-refractivity contribution is 0.102. The first-order valence-electron chi connectivity index (χ1n) is 6.71. The van der Waals surface area contributed by atoms with Crippen molar-refractivity contribution in [2.75, 3.05) is 5.32 Å². The van der Waals surface area contributed by atoms with Gasteiger partial charge in [-0.25, -0.2) is 0 Å². The Balaban J connectivity index is 1.95. The van der Waals surface area contributed by atoms with Crippen LogP contribution >= 0.6 is 0 Å². The number of nitrogens with zero attached hydrogens (tertiary/aromatic N) is 1. The number of rotatable bonds is 2. The summed E-state index contributed by atoms with van der Waals surface area (Å²) in [6, 6.07) is 19.3. The van der Waals surface area contributed by atoms with Crippen LogP contribution in [0.25, 0.3) is 10.8 Å². The van der Waals surface area contributed by atoms with E-state index in [1.165, 1.54) is 0 Å². The second-order valence-corrected chi connectivity index (χ2v) is 4.83. The fraction of sp³-hybridized carbons (Fsp3) is 0. The van der Waals surface area contributed by atoms with Gasteiger partial charge in [0.05, 0.1) is 17.2 Å². The number of benzene rings is 3. The Labute approximate surface area is 127 Å². The highest BCUT2D eigenvalue weighted by Crippen LogP contribution is 2.29. The Morgan fingerprint density at radius 2 is 1.86 bits per heavy atom. The maximum Gasteiger partial charge on any atom is 0.259 e. The Bertz CT molecular complexity index is 910. The van der Waals surface area contributed by atoms with Gasteiger partial charge in [0.2, 0.25) is 0 Å². The quantitative estimate of drug-likeness (QED) is 0.755. The normalized spacial score (nSPS) is 10.1. The highest BCUT2D eigenvalue weighted by molar-refractivity contribution is 6.09. The largest absolute Gasteiger partial charge is 0.506 e. The smallest absolute Gasteiger partial charge is 0.259 e. The molecule has 3 aromatic rings. The zero-order valence-electron chi connectivity index (χ0n) is 11.6. The van der Waals surface area contributed by atoms with Crippen molar-refractivity contribution in [1.29, 1.82) is 5.26 Å². The van der Waals surface area contributed by atoms with E-state index < -0.39 is 5.91 Å². The molecule has 0 atom stereocenters. The Morgan fingerprint density at radius 1 is 1.05 bits per heavy atom. The van der Waals surface area contributed by atoms with Crippen molar-refractivity contribution in [1.82, 2.24) is 0 Å². The lowest BCUT2D eigenvalue weighted by Crippen LogP contribution is -2.12. The number of fused-ring (bicyclic) bond motifs is 1. The Morgan fingerprint density at radius 3 is 2.68 bits per heavy atom. The molecule has 0 aliphatic heterocycles. The molecule has 0 fully saturated rings. The summed E-state index contributed by atoms with van der Waals surface area (Å²) in [5.41, 5.74) is 1.17. The van der Waals surface area contributed by atoms with E-state index in [-0.39, 0.29) is 11.3 Å². The van der Waals surface area contributed by atoms with Crippen LogP contribution < -0.4 is 5.32 Å². The number of carbonyl (C=O) groups excluding carboxylic acids is 1. The molecule has 3 aromatic carbocycles. The first-order chi connectivity index (χ1) is 10.7. The second kappa shape index (κ2) is 5.58. The van der Waals surface area contributed by atoms with Crippen LogP contribution in [-0.2, 0) is 0 Å². The number of nitrogens with one attached hydrogen (secondary N) is 1. The summed E-state index contributed by atoms with van der Waals surface area (Å²) in [6.45, 7) is 0. The summed E-state index contributed by atoms with van der Waals surface area (Å²) in [4.78, 5) is 12.3. The topological polar surface area (TPSA) is 73.1 Å². The van der Waals surface area contributed by atoms with Crippen molar-refractivity contribution in [2.24, 2.45) is 0 Å². The molecule has 0 aromatic heterocycles. The molecule has 106 valence electrons.